The minimum Gasteiger partial charge on any atom is -0.455 e. The van der Waals surface area contributed by atoms with Gasteiger partial charge in [-0.3, -0.25) is 9.59 Å². The number of nitrogens with one attached hydrogen (secondary N) is 1. The number of hydrogen-bond donors (Lipinski definition) is 1. The summed E-state index contributed by atoms with van der Waals surface area (Å²) >= 11 is 6.57. The van der Waals surface area contributed by atoms with Crippen molar-refractivity contribution in [2.24, 2.45) is 5.92 Å². The average Bonchev–Trinajstić information content (AvgIpc) is 2.60. The third-order valence-corrected chi connectivity index (χ3v) is 5.36. The second-order valence-electron chi connectivity index (χ2n) is 5.91. The van der Waals surface area contributed by atoms with Gasteiger partial charge in [0.2, 0.25) is 0 Å². The van der Waals surface area contributed by atoms with Crippen molar-refractivity contribution in [2.75, 3.05) is 30.8 Å². The third-order valence-electron chi connectivity index (χ3n) is 3.87. The fourth-order valence-electron chi connectivity index (χ4n) is 2.34. The molecule has 136 valence electrons. The molecule has 1 heterocycles. The van der Waals surface area contributed by atoms with Crippen LogP contribution in [0.25, 0.3) is 0 Å². The molecule has 5 nitrogen and oxygen atoms in total. The standard InChI is InChI=1S/C17H21FN2O3S2/c1-12-6-8-20(9-7-12)17(24)25-11-16(22)23-10-15(21)19-14-5-3-2-4-13(14)18/h2-5,12H,6-11H2,1H3,(H,19,21). The summed E-state index contributed by atoms with van der Waals surface area (Å²) in [5.41, 5.74) is 0.0541. The molecule has 1 aromatic carbocycles. The molecule has 1 aliphatic rings. The lowest BCUT2D eigenvalue weighted by Gasteiger charge is -2.31. The van der Waals surface area contributed by atoms with Crippen LogP contribution in [0.1, 0.15) is 19.8 Å². The van der Waals surface area contributed by atoms with E-state index in [1.165, 1.54) is 30.0 Å². The number of carbonyl (C=O) groups is 2. The lowest BCUT2D eigenvalue weighted by Crippen LogP contribution is -2.36. The molecule has 1 saturated heterocycles. The molecule has 0 atom stereocenters. The van der Waals surface area contributed by atoms with Crippen molar-refractivity contribution < 1.29 is 18.7 Å². The van der Waals surface area contributed by atoms with Gasteiger partial charge < -0.3 is 15.0 Å². The number of para-hydroxylation sites is 1. The molecular weight excluding hydrogens is 363 g/mol. The number of hydrogen-bond acceptors (Lipinski definition) is 5. The second-order valence-corrected chi connectivity index (χ2v) is 7.52. The van der Waals surface area contributed by atoms with E-state index in [1.54, 1.807) is 6.07 Å². The zero-order chi connectivity index (χ0) is 18.2. The van der Waals surface area contributed by atoms with Crippen LogP contribution in [-0.4, -0.2) is 46.5 Å². The van der Waals surface area contributed by atoms with Gasteiger partial charge in [0.25, 0.3) is 5.91 Å². The third kappa shape index (κ3) is 6.62. The van der Waals surface area contributed by atoms with Crippen molar-refractivity contribution in [3.05, 3.63) is 30.1 Å². The Balaban J connectivity index is 1.66. The second kappa shape index (κ2) is 9.72. The van der Waals surface area contributed by atoms with E-state index in [9.17, 15) is 14.0 Å². The van der Waals surface area contributed by atoms with Gasteiger partial charge in [0.1, 0.15) is 10.1 Å². The van der Waals surface area contributed by atoms with Gasteiger partial charge in [-0.15, -0.1) is 0 Å². The summed E-state index contributed by atoms with van der Waals surface area (Å²) < 4.78 is 19.0. The lowest BCUT2D eigenvalue weighted by molar-refractivity contribution is -0.144. The van der Waals surface area contributed by atoms with Crippen molar-refractivity contribution >= 4 is 45.9 Å². The number of halogens is 1. The molecule has 0 aliphatic carbocycles. The summed E-state index contributed by atoms with van der Waals surface area (Å²) in [4.78, 5) is 25.5. The van der Waals surface area contributed by atoms with Gasteiger partial charge >= 0.3 is 5.97 Å². The lowest BCUT2D eigenvalue weighted by atomic mass is 10.00. The number of thioether (sulfide) groups is 1. The van der Waals surface area contributed by atoms with Crippen molar-refractivity contribution in [1.82, 2.24) is 4.90 Å². The molecular formula is C17H21FN2O3S2. The normalized spacial score (nSPS) is 14.9. The van der Waals surface area contributed by atoms with E-state index in [2.05, 4.69) is 17.1 Å². The van der Waals surface area contributed by atoms with E-state index in [0.717, 1.165) is 25.9 Å². The van der Waals surface area contributed by atoms with Crippen LogP contribution in [0.3, 0.4) is 0 Å². The smallest absolute Gasteiger partial charge is 0.316 e. The Morgan fingerprint density at radius 1 is 1.36 bits per heavy atom. The molecule has 0 radical (unpaired) electrons. The first-order valence-electron chi connectivity index (χ1n) is 8.07. The average molecular weight is 384 g/mol. The highest BCUT2D eigenvalue weighted by Crippen LogP contribution is 2.20. The molecule has 8 heteroatoms. The molecule has 0 saturated carbocycles. The zero-order valence-corrected chi connectivity index (χ0v) is 15.6. The molecule has 1 aliphatic heterocycles. The molecule has 1 amide bonds. The maximum atomic E-state index is 13.4. The summed E-state index contributed by atoms with van der Waals surface area (Å²) in [7, 11) is 0. The Bertz CT molecular complexity index is 634. The number of rotatable bonds is 5. The van der Waals surface area contributed by atoms with Crippen LogP contribution < -0.4 is 5.32 Å². The minimum absolute atomic E-state index is 0.0534. The van der Waals surface area contributed by atoms with E-state index >= 15 is 0 Å². The van der Waals surface area contributed by atoms with Crippen LogP contribution in [0.15, 0.2) is 24.3 Å². The van der Waals surface area contributed by atoms with Crippen LogP contribution >= 0.6 is 24.0 Å². The highest BCUT2D eigenvalue weighted by molar-refractivity contribution is 8.23. The number of ether oxygens (including phenoxy) is 1. The predicted octanol–water partition coefficient (Wildman–Crippen LogP) is 3.06. The number of thiocarbonyl (C=S) groups is 1. The molecule has 25 heavy (non-hydrogen) atoms. The summed E-state index contributed by atoms with van der Waals surface area (Å²) in [6.45, 7) is 3.58. The SMILES string of the molecule is CC1CCN(C(=S)SCC(=O)OCC(=O)Nc2ccccc2F)CC1. The first-order valence-corrected chi connectivity index (χ1v) is 9.47. The summed E-state index contributed by atoms with van der Waals surface area (Å²) in [5, 5.41) is 2.35. The van der Waals surface area contributed by atoms with Crippen molar-refractivity contribution in [1.29, 1.82) is 0 Å². The number of likely N-dealkylation sites (tertiary alicyclic amines) is 1. The van der Waals surface area contributed by atoms with Crippen molar-refractivity contribution in [2.45, 2.75) is 19.8 Å². The van der Waals surface area contributed by atoms with Crippen molar-refractivity contribution in [3.8, 4) is 0 Å². The van der Waals surface area contributed by atoms with Crippen molar-refractivity contribution in [3.63, 3.8) is 0 Å². The molecule has 0 aromatic heterocycles. The van der Waals surface area contributed by atoms with Gasteiger partial charge in [-0.25, -0.2) is 4.39 Å². The van der Waals surface area contributed by atoms with E-state index in [1.807, 2.05) is 0 Å². The van der Waals surface area contributed by atoms with Crippen LogP contribution in [0.2, 0.25) is 0 Å². The summed E-state index contributed by atoms with van der Waals surface area (Å²) in [6.07, 6.45) is 2.20. The van der Waals surface area contributed by atoms with Crippen LogP contribution in [0.5, 0.6) is 0 Å². The minimum atomic E-state index is -0.587. The predicted molar refractivity (Wildman–Crippen MR) is 101 cm³/mol. The van der Waals surface area contributed by atoms with Crippen LogP contribution in [0.4, 0.5) is 10.1 Å². The Hall–Kier alpha value is -1.67. The highest BCUT2D eigenvalue weighted by Gasteiger charge is 2.19. The Labute approximate surface area is 156 Å². The highest BCUT2D eigenvalue weighted by atomic mass is 32.2. The monoisotopic (exact) mass is 384 g/mol. The summed E-state index contributed by atoms with van der Waals surface area (Å²) in [6, 6.07) is 5.79. The van der Waals surface area contributed by atoms with Gasteiger partial charge in [0.05, 0.1) is 11.4 Å². The largest absolute Gasteiger partial charge is 0.455 e. The summed E-state index contributed by atoms with van der Waals surface area (Å²) in [5.74, 6) is -0.893. The van der Waals surface area contributed by atoms with Gasteiger partial charge in [-0.2, -0.15) is 0 Å². The van der Waals surface area contributed by atoms with Gasteiger partial charge in [-0.1, -0.05) is 43.0 Å². The number of amides is 1. The topological polar surface area (TPSA) is 58.6 Å². The van der Waals surface area contributed by atoms with E-state index in [0.29, 0.717) is 10.2 Å². The van der Waals surface area contributed by atoms with Gasteiger partial charge in [0, 0.05) is 13.1 Å². The first-order chi connectivity index (χ1) is 12.0. The van der Waals surface area contributed by atoms with E-state index in [-0.39, 0.29) is 11.4 Å². The quantitative estimate of drug-likeness (QED) is 0.622. The molecule has 2 rings (SSSR count). The van der Waals surface area contributed by atoms with Gasteiger partial charge in [-0.05, 0) is 30.9 Å². The number of carbonyl (C=O) groups excluding carboxylic acids is 2. The number of benzene rings is 1. The van der Waals surface area contributed by atoms with Gasteiger partial charge in [0.15, 0.2) is 6.61 Å². The fraction of sp³-hybridized carbons (Fsp3) is 0.471. The number of anilines is 1. The van der Waals surface area contributed by atoms with Crippen LogP contribution in [-0.2, 0) is 14.3 Å². The Kier molecular flexibility index (Phi) is 7.64. The Morgan fingerprint density at radius 2 is 2.04 bits per heavy atom. The molecule has 0 bridgehead atoms. The maximum absolute atomic E-state index is 13.4. The molecule has 1 N–H and O–H groups in total. The van der Waals surface area contributed by atoms with E-state index < -0.39 is 24.3 Å². The fourth-order valence-corrected chi connectivity index (χ4v) is 3.39. The zero-order valence-electron chi connectivity index (χ0n) is 14.0. The van der Waals surface area contributed by atoms with E-state index in [4.69, 9.17) is 17.0 Å². The first kappa shape index (κ1) is 19.7. The molecule has 1 fully saturated rings. The number of esters is 1. The molecule has 1 aromatic rings. The van der Waals surface area contributed by atoms with Crippen LogP contribution in [0, 0.1) is 11.7 Å². The number of piperidine rings is 1. The molecule has 0 unspecified atom stereocenters. The number of nitrogens with zero attached hydrogens (tertiary/aromatic N) is 1. The Morgan fingerprint density at radius 3 is 2.72 bits per heavy atom. The molecule has 0 spiro atoms. The maximum Gasteiger partial charge on any atom is 0.316 e.